The van der Waals surface area contributed by atoms with Gasteiger partial charge in [-0.3, -0.25) is 8.89 Å². The highest BCUT2D eigenvalue weighted by Gasteiger charge is 2.18. The normalized spacial score (nSPS) is 23.8. The Morgan fingerprint density at radius 3 is 2.89 bits per heavy atom. The smallest absolute Gasteiger partial charge is 0.0841 e. The molecule has 1 aromatic carbocycles. The Balaban J connectivity index is 1.70. The number of fused-ring (bicyclic) bond motifs is 1. The molecule has 1 aromatic heterocycles. The van der Waals surface area contributed by atoms with Crippen molar-refractivity contribution in [2.75, 3.05) is 11.5 Å². The summed E-state index contributed by atoms with van der Waals surface area (Å²) in [5.74, 6) is 1.67. The first-order chi connectivity index (χ1) is 9.24. The number of hydrogen-bond donors (Lipinski definition) is 1. The Labute approximate surface area is 115 Å². The molecule has 0 spiro atoms. The maximum atomic E-state index is 11.3. The van der Waals surface area contributed by atoms with Crippen LogP contribution in [0.3, 0.4) is 0 Å². The van der Waals surface area contributed by atoms with Gasteiger partial charge in [-0.2, -0.15) is 5.10 Å². The van der Waals surface area contributed by atoms with E-state index in [0.29, 0.717) is 6.04 Å². The molecule has 3 rings (SSSR count). The molecule has 2 heterocycles. The van der Waals surface area contributed by atoms with Gasteiger partial charge in [0.1, 0.15) is 0 Å². The molecule has 0 atom stereocenters. The van der Waals surface area contributed by atoms with Crippen LogP contribution < -0.4 is 5.32 Å². The summed E-state index contributed by atoms with van der Waals surface area (Å²) in [7, 11) is 1.39. The second kappa shape index (κ2) is 5.43. The summed E-state index contributed by atoms with van der Waals surface area (Å²) < 4.78 is 13.3. The topological polar surface area (TPSA) is 46.9 Å². The second-order valence-electron chi connectivity index (χ2n) is 5.09. The van der Waals surface area contributed by atoms with Gasteiger partial charge in [0.15, 0.2) is 0 Å². The van der Waals surface area contributed by atoms with E-state index in [1.54, 1.807) is 0 Å². The second-order valence-corrected chi connectivity index (χ2v) is 6.79. The Bertz CT molecular complexity index is 598. The minimum atomic E-state index is -0.587. The zero-order valence-electron chi connectivity index (χ0n) is 11.1. The molecule has 19 heavy (non-hydrogen) atoms. The Kier molecular flexibility index (Phi) is 3.66. The lowest BCUT2D eigenvalue weighted by Crippen LogP contribution is -2.35. The highest BCUT2D eigenvalue weighted by atomic mass is 32.2. The van der Waals surface area contributed by atoms with Crippen LogP contribution in [0.4, 0.5) is 0 Å². The monoisotopic (exact) mass is 277 g/mol. The van der Waals surface area contributed by atoms with Crippen molar-refractivity contribution < 1.29 is 4.21 Å². The lowest BCUT2D eigenvalue weighted by Gasteiger charge is -2.22. The fraction of sp³-hybridized carbons (Fsp3) is 0.500. The molecule has 1 saturated heterocycles. The van der Waals surface area contributed by atoms with Crippen LogP contribution in [0.5, 0.6) is 0 Å². The first kappa shape index (κ1) is 12.8. The zero-order valence-corrected chi connectivity index (χ0v) is 11.9. The first-order valence-electron chi connectivity index (χ1n) is 6.73. The van der Waals surface area contributed by atoms with Crippen LogP contribution >= 0.6 is 0 Å². The molecule has 2 aromatic rings. The van der Waals surface area contributed by atoms with Crippen molar-refractivity contribution in [1.29, 1.82) is 0 Å². The molecule has 4 nitrogen and oxygen atoms in total. The van der Waals surface area contributed by atoms with Crippen LogP contribution in [-0.4, -0.2) is 31.5 Å². The lowest BCUT2D eigenvalue weighted by molar-refractivity contribution is 0.471. The summed E-state index contributed by atoms with van der Waals surface area (Å²) in [5, 5.41) is 9.36. The van der Waals surface area contributed by atoms with Crippen LogP contribution in [0, 0.1) is 0 Å². The predicted molar refractivity (Wildman–Crippen MR) is 78.5 cm³/mol. The number of para-hydroxylation sites is 1. The van der Waals surface area contributed by atoms with E-state index in [1.807, 2.05) is 17.8 Å². The SMILES string of the molecule is Cn1nc(CNC2CCS(=O)CC2)c2ccccc21. The first-order valence-corrected chi connectivity index (χ1v) is 8.22. The number of rotatable bonds is 3. The van der Waals surface area contributed by atoms with E-state index in [9.17, 15) is 4.21 Å². The molecule has 0 aliphatic carbocycles. The largest absolute Gasteiger partial charge is 0.308 e. The minimum absolute atomic E-state index is 0.485. The van der Waals surface area contributed by atoms with Crippen molar-refractivity contribution in [3.8, 4) is 0 Å². The Hall–Kier alpha value is -1.20. The van der Waals surface area contributed by atoms with Crippen molar-refractivity contribution in [1.82, 2.24) is 15.1 Å². The van der Waals surface area contributed by atoms with E-state index >= 15 is 0 Å². The quantitative estimate of drug-likeness (QED) is 0.926. The third-order valence-corrected chi connectivity index (χ3v) is 5.16. The van der Waals surface area contributed by atoms with Gasteiger partial charge in [-0.15, -0.1) is 0 Å². The maximum Gasteiger partial charge on any atom is 0.0841 e. The number of nitrogens with one attached hydrogen (secondary N) is 1. The zero-order chi connectivity index (χ0) is 13.2. The summed E-state index contributed by atoms with van der Waals surface area (Å²) in [6.07, 6.45) is 2.02. The van der Waals surface area contributed by atoms with E-state index in [4.69, 9.17) is 0 Å². The fourth-order valence-electron chi connectivity index (χ4n) is 2.66. The average molecular weight is 277 g/mol. The van der Waals surface area contributed by atoms with Gasteiger partial charge in [0.25, 0.3) is 0 Å². The Morgan fingerprint density at radius 2 is 2.11 bits per heavy atom. The van der Waals surface area contributed by atoms with Gasteiger partial charge in [-0.05, 0) is 18.9 Å². The molecule has 1 aliphatic heterocycles. The van der Waals surface area contributed by atoms with Gasteiger partial charge in [0.2, 0.25) is 0 Å². The number of benzene rings is 1. The molecule has 0 bridgehead atoms. The number of aryl methyl sites for hydroxylation is 1. The summed E-state index contributed by atoms with van der Waals surface area (Å²) in [4.78, 5) is 0. The molecule has 1 fully saturated rings. The van der Waals surface area contributed by atoms with Gasteiger partial charge < -0.3 is 5.32 Å². The summed E-state index contributed by atoms with van der Waals surface area (Å²) in [6, 6.07) is 8.79. The van der Waals surface area contributed by atoms with Crippen molar-refractivity contribution in [3.63, 3.8) is 0 Å². The van der Waals surface area contributed by atoms with E-state index < -0.39 is 10.8 Å². The third kappa shape index (κ3) is 2.72. The fourth-order valence-corrected chi connectivity index (χ4v) is 3.96. The molecule has 5 heteroatoms. The van der Waals surface area contributed by atoms with Gasteiger partial charge >= 0.3 is 0 Å². The molecule has 102 valence electrons. The van der Waals surface area contributed by atoms with Crippen LogP contribution in [0.25, 0.3) is 10.9 Å². The van der Waals surface area contributed by atoms with Gasteiger partial charge in [0, 0.05) is 47.3 Å². The highest BCUT2D eigenvalue weighted by molar-refractivity contribution is 7.85. The standard InChI is InChI=1S/C14H19N3OS/c1-17-14-5-3-2-4-12(14)13(16-17)10-15-11-6-8-19(18)9-7-11/h2-5,11,15H,6-10H2,1H3. The highest BCUT2D eigenvalue weighted by Crippen LogP contribution is 2.18. The number of aromatic nitrogens is 2. The lowest BCUT2D eigenvalue weighted by atomic mass is 10.1. The number of hydrogen-bond acceptors (Lipinski definition) is 3. The molecule has 0 amide bonds. The molecule has 1 N–H and O–H groups in total. The molecular weight excluding hydrogens is 258 g/mol. The minimum Gasteiger partial charge on any atom is -0.308 e. The Morgan fingerprint density at radius 1 is 1.37 bits per heavy atom. The van der Waals surface area contributed by atoms with E-state index in [-0.39, 0.29) is 0 Å². The molecule has 1 aliphatic rings. The van der Waals surface area contributed by atoms with Crippen molar-refractivity contribution in [2.45, 2.75) is 25.4 Å². The maximum absolute atomic E-state index is 11.3. The van der Waals surface area contributed by atoms with E-state index in [2.05, 4.69) is 28.6 Å². The average Bonchev–Trinajstić information content (AvgIpc) is 2.76. The van der Waals surface area contributed by atoms with Gasteiger partial charge in [0.05, 0.1) is 11.2 Å². The molecule has 0 unspecified atom stereocenters. The van der Waals surface area contributed by atoms with Crippen molar-refractivity contribution in [2.24, 2.45) is 7.05 Å². The van der Waals surface area contributed by atoms with Crippen LogP contribution in [0.1, 0.15) is 18.5 Å². The summed E-state index contributed by atoms with van der Waals surface area (Å²) in [5.41, 5.74) is 2.27. The van der Waals surface area contributed by atoms with Crippen LogP contribution in [0.2, 0.25) is 0 Å². The molecule has 0 saturated carbocycles. The van der Waals surface area contributed by atoms with Gasteiger partial charge in [-0.1, -0.05) is 18.2 Å². The number of nitrogens with zero attached hydrogens (tertiary/aromatic N) is 2. The predicted octanol–water partition coefficient (Wildman–Crippen LogP) is 1.57. The van der Waals surface area contributed by atoms with Crippen molar-refractivity contribution >= 4 is 21.7 Å². The van der Waals surface area contributed by atoms with E-state index in [0.717, 1.165) is 36.6 Å². The molecular formula is C14H19N3OS. The van der Waals surface area contributed by atoms with E-state index in [1.165, 1.54) is 10.9 Å². The third-order valence-electron chi connectivity index (χ3n) is 3.78. The van der Waals surface area contributed by atoms with Crippen LogP contribution in [0.15, 0.2) is 24.3 Å². The van der Waals surface area contributed by atoms with Crippen molar-refractivity contribution in [3.05, 3.63) is 30.0 Å². The summed E-state index contributed by atoms with van der Waals surface area (Å²) >= 11 is 0. The van der Waals surface area contributed by atoms with Crippen LogP contribution in [-0.2, 0) is 24.4 Å². The molecule has 0 radical (unpaired) electrons. The van der Waals surface area contributed by atoms with Gasteiger partial charge in [-0.25, -0.2) is 0 Å². The summed E-state index contributed by atoms with van der Waals surface area (Å²) in [6.45, 7) is 0.790.